The molecule has 0 bridgehead atoms. The zero-order chi connectivity index (χ0) is 20.1. The van der Waals surface area contributed by atoms with E-state index < -0.39 is 0 Å². The normalized spacial score (nSPS) is 14.8. The van der Waals surface area contributed by atoms with Gasteiger partial charge in [-0.3, -0.25) is 0 Å². The Bertz CT molecular complexity index is 905. The number of hydrogen-bond acceptors (Lipinski definition) is 7. The van der Waals surface area contributed by atoms with Gasteiger partial charge in [0.1, 0.15) is 5.82 Å². The molecule has 3 aromatic rings. The van der Waals surface area contributed by atoms with Crippen molar-refractivity contribution in [2.45, 2.75) is 6.42 Å². The highest BCUT2D eigenvalue weighted by molar-refractivity contribution is 9.10. The lowest BCUT2D eigenvalue weighted by Gasteiger charge is -2.34. The van der Waals surface area contributed by atoms with Gasteiger partial charge in [0, 0.05) is 68.6 Å². The molecule has 29 heavy (non-hydrogen) atoms. The number of halogens is 1. The van der Waals surface area contributed by atoms with Crippen LogP contribution < -0.4 is 15.5 Å². The van der Waals surface area contributed by atoms with Crippen LogP contribution in [0.1, 0.15) is 5.69 Å². The number of imidazole rings is 1. The van der Waals surface area contributed by atoms with Gasteiger partial charge < -0.3 is 25.4 Å². The molecule has 1 aromatic carbocycles. The fourth-order valence-electron chi connectivity index (χ4n) is 3.24. The maximum absolute atomic E-state index is 4.59. The van der Waals surface area contributed by atoms with Crippen LogP contribution in [0.5, 0.6) is 0 Å². The van der Waals surface area contributed by atoms with Gasteiger partial charge in [0.15, 0.2) is 0 Å². The molecule has 9 heteroatoms. The number of piperazine rings is 1. The van der Waals surface area contributed by atoms with E-state index in [9.17, 15) is 0 Å². The van der Waals surface area contributed by atoms with Gasteiger partial charge in [0.2, 0.25) is 5.95 Å². The van der Waals surface area contributed by atoms with Gasteiger partial charge in [0.05, 0.1) is 10.8 Å². The van der Waals surface area contributed by atoms with E-state index in [4.69, 9.17) is 0 Å². The molecule has 1 aliphatic rings. The molecule has 1 saturated heterocycles. The van der Waals surface area contributed by atoms with Gasteiger partial charge in [-0.2, -0.15) is 4.98 Å². The second-order valence-electron chi connectivity index (χ2n) is 7.11. The first-order chi connectivity index (χ1) is 14.2. The van der Waals surface area contributed by atoms with Gasteiger partial charge in [-0.25, -0.2) is 9.97 Å². The SMILES string of the molecule is CN1CCN(c2ccc(Nc3ncc(Br)c(NCCc4cnc[nH]4)n3)cc2)CC1. The van der Waals surface area contributed by atoms with Crippen molar-refractivity contribution < 1.29 is 0 Å². The molecule has 0 radical (unpaired) electrons. The minimum Gasteiger partial charge on any atom is -0.369 e. The summed E-state index contributed by atoms with van der Waals surface area (Å²) >= 11 is 3.51. The number of anilines is 4. The third-order valence-corrected chi connectivity index (χ3v) is 5.56. The Morgan fingerprint density at radius 1 is 1.10 bits per heavy atom. The molecule has 1 fully saturated rings. The van der Waals surface area contributed by atoms with Crippen molar-refractivity contribution in [3.8, 4) is 0 Å². The van der Waals surface area contributed by atoms with Gasteiger partial charge in [-0.15, -0.1) is 0 Å². The number of likely N-dealkylation sites (N-methyl/N-ethyl adjacent to an activating group) is 1. The Morgan fingerprint density at radius 3 is 2.62 bits per heavy atom. The number of nitrogens with zero attached hydrogens (tertiary/aromatic N) is 5. The van der Waals surface area contributed by atoms with Crippen LogP contribution in [0.2, 0.25) is 0 Å². The fraction of sp³-hybridized carbons (Fsp3) is 0.350. The molecule has 8 nitrogen and oxygen atoms in total. The first kappa shape index (κ1) is 19.7. The molecule has 1 aliphatic heterocycles. The molecule has 2 aromatic heterocycles. The van der Waals surface area contributed by atoms with E-state index in [-0.39, 0.29) is 0 Å². The summed E-state index contributed by atoms with van der Waals surface area (Å²) in [5.41, 5.74) is 3.30. The minimum atomic E-state index is 0.560. The summed E-state index contributed by atoms with van der Waals surface area (Å²) in [5.74, 6) is 1.32. The summed E-state index contributed by atoms with van der Waals surface area (Å²) in [6.07, 6.45) is 6.11. The van der Waals surface area contributed by atoms with Crippen molar-refractivity contribution in [2.75, 3.05) is 55.3 Å². The van der Waals surface area contributed by atoms with Gasteiger partial charge >= 0.3 is 0 Å². The van der Waals surface area contributed by atoms with Crippen LogP contribution in [0.25, 0.3) is 0 Å². The highest BCUT2D eigenvalue weighted by atomic mass is 79.9. The Hall–Kier alpha value is -2.65. The zero-order valence-corrected chi connectivity index (χ0v) is 18.0. The van der Waals surface area contributed by atoms with E-state index in [2.05, 4.69) is 87.6 Å². The number of H-pyrrole nitrogens is 1. The van der Waals surface area contributed by atoms with Crippen molar-refractivity contribution in [1.29, 1.82) is 0 Å². The van der Waals surface area contributed by atoms with E-state index in [0.717, 1.165) is 60.8 Å². The minimum absolute atomic E-state index is 0.560. The highest BCUT2D eigenvalue weighted by Gasteiger charge is 2.14. The Morgan fingerprint density at radius 2 is 1.90 bits per heavy atom. The maximum Gasteiger partial charge on any atom is 0.229 e. The number of rotatable bonds is 7. The predicted octanol–water partition coefficient (Wildman–Crippen LogP) is 3.11. The van der Waals surface area contributed by atoms with Crippen LogP contribution in [0.4, 0.5) is 23.1 Å². The molecule has 3 heterocycles. The molecule has 152 valence electrons. The Kier molecular flexibility index (Phi) is 6.26. The van der Waals surface area contributed by atoms with E-state index in [1.165, 1.54) is 5.69 Å². The predicted molar refractivity (Wildman–Crippen MR) is 120 cm³/mol. The lowest BCUT2D eigenvalue weighted by atomic mass is 10.2. The molecule has 0 spiro atoms. The second-order valence-corrected chi connectivity index (χ2v) is 7.96. The summed E-state index contributed by atoms with van der Waals surface area (Å²) in [6, 6.07) is 8.45. The summed E-state index contributed by atoms with van der Waals surface area (Å²) in [4.78, 5) is 20.9. The first-order valence-corrected chi connectivity index (χ1v) is 10.5. The Labute approximate surface area is 178 Å². The van der Waals surface area contributed by atoms with Gasteiger partial charge in [-0.1, -0.05) is 0 Å². The molecule has 0 unspecified atom stereocenters. The monoisotopic (exact) mass is 456 g/mol. The van der Waals surface area contributed by atoms with Crippen molar-refractivity contribution >= 4 is 39.1 Å². The van der Waals surface area contributed by atoms with Gasteiger partial charge in [-0.05, 0) is 47.2 Å². The quantitative estimate of drug-likeness (QED) is 0.503. The highest BCUT2D eigenvalue weighted by Crippen LogP contribution is 2.24. The van der Waals surface area contributed by atoms with Crippen LogP contribution in [0.15, 0.2) is 47.5 Å². The van der Waals surface area contributed by atoms with Crippen LogP contribution in [-0.4, -0.2) is 64.6 Å². The maximum atomic E-state index is 4.59. The number of aromatic nitrogens is 4. The lowest BCUT2D eigenvalue weighted by molar-refractivity contribution is 0.313. The van der Waals surface area contributed by atoms with Crippen molar-refractivity contribution in [1.82, 2.24) is 24.8 Å². The summed E-state index contributed by atoms with van der Waals surface area (Å²) in [5, 5.41) is 6.62. The van der Waals surface area contributed by atoms with Crippen LogP contribution in [0.3, 0.4) is 0 Å². The van der Waals surface area contributed by atoms with E-state index in [1.807, 2.05) is 6.20 Å². The van der Waals surface area contributed by atoms with Crippen molar-refractivity contribution in [2.24, 2.45) is 0 Å². The average molecular weight is 457 g/mol. The first-order valence-electron chi connectivity index (χ1n) is 9.71. The van der Waals surface area contributed by atoms with E-state index >= 15 is 0 Å². The second kappa shape index (κ2) is 9.23. The third kappa shape index (κ3) is 5.24. The van der Waals surface area contributed by atoms with Crippen LogP contribution >= 0.6 is 15.9 Å². The summed E-state index contributed by atoms with van der Waals surface area (Å²) in [6.45, 7) is 5.07. The number of aromatic amines is 1. The molecule has 0 saturated carbocycles. The van der Waals surface area contributed by atoms with Crippen molar-refractivity contribution in [3.63, 3.8) is 0 Å². The zero-order valence-electron chi connectivity index (χ0n) is 16.4. The smallest absolute Gasteiger partial charge is 0.229 e. The number of nitrogens with one attached hydrogen (secondary N) is 3. The van der Waals surface area contributed by atoms with Crippen LogP contribution in [0, 0.1) is 0 Å². The fourth-order valence-corrected chi connectivity index (χ4v) is 3.57. The van der Waals surface area contributed by atoms with E-state index in [1.54, 1.807) is 12.5 Å². The molecule has 3 N–H and O–H groups in total. The molecule has 0 atom stereocenters. The largest absolute Gasteiger partial charge is 0.369 e. The molecular formula is C20H25BrN8. The topological polar surface area (TPSA) is 85.0 Å². The lowest BCUT2D eigenvalue weighted by Crippen LogP contribution is -2.44. The van der Waals surface area contributed by atoms with E-state index in [0.29, 0.717) is 5.95 Å². The number of hydrogen-bond donors (Lipinski definition) is 3. The molecule has 0 aliphatic carbocycles. The summed E-state index contributed by atoms with van der Waals surface area (Å²) < 4.78 is 0.832. The van der Waals surface area contributed by atoms with Crippen LogP contribution in [-0.2, 0) is 6.42 Å². The number of benzene rings is 1. The van der Waals surface area contributed by atoms with Crippen molar-refractivity contribution in [3.05, 3.63) is 53.2 Å². The standard InChI is InChI=1S/C20H25BrN8/c1-28-8-10-29(11-9-28)17-4-2-15(3-5-17)26-20-24-13-18(21)19(27-20)23-7-6-16-12-22-14-25-16/h2-5,12-14H,6-11H2,1H3,(H,22,25)(H2,23,24,26,27). The Balaban J connectivity index is 1.36. The summed E-state index contributed by atoms with van der Waals surface area (Å²) in [7, 11) is 2.17. The average Bonchev–Trinajstić information content (AvgIpc) is 3.25. The van der Waals surface area contributed by atoms with Gasteiger partial charge in [0.25, 0.3) is 0 Å². The molecule has 4 rings (SSSR count). The third-order valence-electron chi connectivity index (χ3n) is 4.98. The molecular weight excluding hydrogens is 432 g/mol. The molecule has 0 amide bonds.